The molecule has 3 rings (SSSR count). The number of sulfonamides is 1. The van der Waals surface area contributed by atoms with E-state index in [0.717, 1.165) is 43.5 Å². The molecule has 8 heteroatoms. The third-order valence-corrected chi connectivity index (χ3v) is 6.92. The summed E-state index contributed by atoms with van der Waals surface area (Å²) in [6, 6.07) is 12.9. The molecule has 0 spiro atoms. The van der Waals surface area contributed by atoms with E-state index in [9.17, 15) is 13.2 Å². The maximum atomic E-state index is 12.7. The Balaban J connectivity index is 1.59. The molecule has 1 amide bonds. The van der Waals surface area contributed by atoms with Crippen LogP contribution in [0.2, 0.25) is 0 Å². The fraction of sp³-hybridized carbons (Fsp3) is 0.435. The van der Waals surface area contributed by atoms with Crippen molar-refractivity contribution < 1.29 is 17.9 Å². The molecule has 0 bridgehead atoms. The van der Waals surface area contributed by atoms with Crippen LogP contribution in [0.15, 0.2) is 42.5 Å². The summed E-state index contributed by atoms with van der Waals surface area (Å²) in [5.41, 5.74) is 2.53. The lowest BCUT2D eigenvalue weighted by Crippen LogP contribution is -2.35. The smallest absolute Gasteiger partial charge is 0.251 e. The highest BCUT2D eigenvalue weighted by molar-refractivity contribution is 7.92. The zero-order valence-electron chi connectivity index (χ0n) is 18.6. The predicted molar refractivity (Wildman–Crippen MR) is 123 cm³/mol. The molecule has 2 aromatic rings. The van der Waals surface area contributed by atoms with E-state index in [0.29, 0.717) is 23.4 Å². The third-order valence-electron chi connectivity index (χ3n) is 5.73. The van der Waals surface area contributed by atoms with E-state index in [1.165, 1.54) is 11.4 Å². The number of nitrogens with zero attached hydrogens (tertiary/aromatic N) is 2. The van der Waals surface area contributed by atoms with Gasteiger partial charge in [-0.05, 0) is 62.2 Å². The minimum absolute atomic E-state index is 0.243. The Hall–Kier alpha value is -2.58. The number of hydrogen-bond acceptors (Lipinski definition) is 5. The number of likely N-dealkylation sites (tertiary alicyclic amines) is 1. The molecule has 0 aromatic heterocycles. The summed E-state index contributed by atoms with van der Waals surface area (Å²) in [7, 11) is 0.200. The number of carbonyl (C=O) groups is 1. The molecule has 1 fully saturated rings. The summed E-state index contributed by atoms with van der Waals surface area (Å²) in [5.74, 6) is 0.602. The van der Waals surface area contributed by atoms with Crippen LogP contribution in [0.4, 0.5) is 5.69 Å². The highest BCUT2D eigenvalue weighted by Gasteiger charge is 2.19. The number of amides is 1. The number of anilines is 1. The van der Waals surface area contributed by atoms with Crippen LogP contribution in [0.25, 0.3) is 0 Å². The van der Waals surface area contributed by atoms with E-state index in [4.69, 9.17) is 4.74 Å². The van der Waals surface area contributed by atoms with Crippen molar-refractivity contribution in [3.8, 4) is 5.75 Å². The van der Waals surface area contributed by atoms with E-state index >= 15 is 0 Å². The molecule has 31 heavy (non-hydrogen) atoms. The SMILES string of the molecule is Cc1c(C(=O)NCc2ccc(OC3CCN(C)CC3)cc2)cccc1N(C)S(C)(=O)=O. The molecule has 2 aromatic carbocycles. The molecule has 168 valence electrons. The lowest BCUT2D eigenvalue weighted by Gasteiger charge is -2.29. The van der Waals surface area contributed by atoms with Gasteiger partial charge in [-0.1, -0.05) is 18.2 Å². The van der Waals surface area contributed by atoms with Gasteiger partial charge in [0.15, 0.2) is 0 Å². The second kappa shape index (κ2) is 9.70. The molecule has 0 aliphatic carbocycles. The van der Waals surface area contributed by atoms with Crippen LogP contribution in [0.5, 0.6) is 5.75 Å². The van der Waals surface area contributed by atoms with Crippen molar-refractivity contribution in [3.05, 3.63) is 59.2 Å². The number of carbonyl (C=O) groups excluding carboxylic acids is 1. The zero-order valence-corrected chi connectivity index (χ0v) is 19.4. The Kier molecular flexibility index (Phi) is 7.23. The molecule has 1 aliphatic rings. The van der Waals surface area contributed by atoms with Crippen LogP contribution < -0.4 is 14.4 Å². The molecule has 1 saturated heterocycles. The van der Waals surface area contributed by atoms with Crippen LogP contribution >= 0.6 is 0 Å². The summed E-state index contributed by atoms with van der Waals surface area (Å²) < 4.78 is 31.0. The molecule has 1 heterocycles. The maximum Gasteiger partial charge on any atom is 0.251 e. The van der Waals surface area contributed by atoms with Crippen LogP contribution in [0.1, 0.15) is 34.3 Å². The summed E-state index contributed by atoms with van der Waals surface area (Å²) in [4.78, 5) is 15.0. The lowest BCUT2D eigenvalue weighted by molar-refractivity contribution is 0.0950. The number of rotatable bonds is 7. The molecule has 1 N–H and O–H groups in total. The first-order chi connectivity index (χ1) is 14.6. The number of piperidine rings is 1. The van der Waals surface area contributed by atoms with Gasteiger partial charge in [0.1, 0.15) is 11.9 Å². The molecule has 0 radical (unpaired) electrons. The number of hydrogen-bond donors (Lipinski definition) is 1. The summed E-state index contributed by atoms with van der Waals surface area (Å²) >= 11 is 0. The van der Waals surface area contributed by atoms with Crippen molar-refractivity contribution >= 4 is 21.6 Å². The van der Waals surface area contributed by atoms with E-state index in [-0.39, 0.29) is 12.0 Å². The molecule has 0 atom stereocenters. The quantitative estimate of drug-likeness (QED) is 0.709. The van der Waals surface area contributed by atoms with Crippen molar-refractivity contribution in [1.82, 2.24) is 10.2 Å². The summed E-state index contributed by atoms with van der Waals surface area (Å²) in [5, 5.41) is 2.91. The van der Waals surface area contributed by atoms with Gasteiger partial charge in [-0.15, -0.1) is 0 Å². The van der Waals surface area contributed by atoms with Crippen molar-refractivity contribution in [2.24, 2.45) is 0 Å². The maximum absolute atomic E-state index is 12.7. The number of ether oxygens (including phenoxy) is 1. The summed E-state index contributed by atoms with van der Waals surface area (Å²) in [6.07, 6.45) is 3.45. The predicted octanol–water partition coefficient (Wildman–Crippen LogP) is 2.79. The van der Waals surface area contributed by atoms with Crippen LogP contribution in [-0.4, -0.2) is 58.8 Å². The molecule has 1 aliphatic heterocycles. The second-order valence-corrected chi connectivity index (χ2v) is 10.1. The Morgan fingerprint density at radius 1 is 1.16 bits per heavy atom. The van der Waals surface area contributed by atoms with Crippen molar-refractivity contribution in [1.29, 1.82) is 0 Å². The number of benzene rings is 2. The van der Waals surface area contributed by atoms with Gasteiger partial charge in [-0.3, -0.25) is 9.10 Å². The molecule has 0 saturated carbocycles. The lowest BCUT2D eigenvalue weighted by atomic mass is 10.1. The van der Waals surface area contributed by atoms with E-state index in [1.807, 2.05) is 24.3 Å². The van der Waals surface area contributed by atoms with Gasteiger partial charge < -0.3 is 15.0 Å². The van der Waals surface area contributed by atoms with Gasteiger partial charge in [0.25, 0.3) is 5.91 Å². The first-order valence-corrected chi connectivity index (χ1v) is 12.3. The third kappa shape index (κ3) is 5.98. The second-order valence-electron chi connectivity index (χ2n) is 8.13. The Morgan fingerprint density at radius 3 is 2.42 bits per heavy atom. The van der Waals surface area contributed by atoms with Crippen LogP contribution in [0, 0.1) is 6.92 Å². The fourth-order valence-electron chi connectivity index (χ4n) is 3.65. The van der Waals surface area contributed by atoms with Crippen LogP contribution in [-0.2, 0) is 16.6 Å². The van der Waals surface area contributed by atoms with Gasteiger partial charge in [-0.25, -0.2) is 8.42 Å². The van der Waals surface area contributed by atoms with Gasteiger partial charge in [0.2, 0.25) is 10.0 Å². The minimum atomic E-state index is -3.41. The van der Waals surface area contributed by atoms with Gasteiger partial charge in [-0.2, -0.15) is 0 Å². The largest absolute Gasteiger partial charge is 0.490 e. The topological polar surface area (TPSA) is 79.0 Å². The van der Waals surface area contributed by atoms with E-state index in [1.54, 1.807) is 25.1 Å². The Morgan fingerprint density at radius 2 is 1.81 bits per heavy atom. The normalized spacial score (nSPS) is 15.5. The monoisotopic (exact) mass is 445 g/mol. The average Bonchev–Trinajstić information content (AvgIpc) is 2.73. The Labute approximate surface area is 185 Å². The van der Waals surface area contributed by atoms with Crippen molar-refractivity contribution in [3.63, 3.8) is 0 Å². The first kappa shape index (κ1) is 23.1. The van der Waals surface area contributed by atoms with Crippen molar-refractivity contribution in [2.75, 3.05) is 37.7 Å². The molecule has 7 nitrogen and oxygen atoms in total. The summed E-state index contributed by atoms with van der Waals surface area (Å²) in [6.45, 7) is 4.23. The van der Waals surface area contributed by atoms with Gasteiger partial charge >= 0.3 is 0 Å². The average molecular weight is 446 g/mol. The van der Waals surface area contributed by atoms with Crippen molar-refractivity contribution in [2.45, 2.75) is 32.4 Å². The number of nitrogens with one attached hydrogen (secondary N) is 1. The first-order valence-electron chi connectivity index (χ1n) is 10.4. The highest BCUT2D eigenvalue weighted by Crippen LogP contribution is 2.24. The molecular weight excluding hydrogens is 414 g/mol. The van der Waals surface area contributed by atoms with E-state index in [2.05, 4.69) is 17.3 Å². The minimum Gasteiger partial charge on any atom is -0.490 e. The Bertz CT molecular complexity index is 1010. The zero-order chi connectivity index (χ0) is 22.6. The van der Waals surface area contributed by atoms with E-state index < -0.39 is 10.0 Å². The van der Waals surface area contributed by atoms with Gasteiger partial charge in [0, 0.05) is 32.2 Å². The fourth-order valence-corrected chi connectivity index (χ4v) is 4.20. The van der Waals surface area contributed by atoms with Gasteiger partial charge in [0.05, 0.1) is 11.9 Å². The molecule has 0 unspecified atom stereocenters. The highest BCUT2D eigenvalue weighted by atomic mass is 32.2. The van der Waals surface area contributed by atoms with Crippen LogP contribution in [0.3, 0.4) is 0 Å². The standard InChI is InChI=1S/C23H31N3O4S/c1-17-21(6-5-7-22(17)26(3)31(4,28)29)23(27)24-16-18-8-10-19(11-9-18)30-20-12-14-25(2)15-13-20/h5-11,20H,12-16H2,1-4H3,(H,24,27). The molecular formula is C23H31N3O4S.